The van der Waals surface area contributed by atoms with E-state index in [1.165, 1.54) is 0 Å². The molecule has 0 aromatic heterocycles. The summed E-state index contributed by atoms with van der Waals surface area (Å²) in [5.41, 5.74) is 0.887. The maximum atomic E-state index is 11.6. The van der Waals surface area contributed by atoms with Crippen molar-refractivity contribution in [2.45, 2.75) is 25.4 Å². The lowest BCUT2D eigenvalue weighted by atomic mass is 10.0. The highest BCUT2D eigenvalue weighted by Gasteiger charge is 2.30. The second-order valence-corrected chi connectivity index (χ2v) is 4.16. The summed E-state index contributed by atoms with van der Waals surface area (Å²) in [6.45, 7) is 1.64. The third-order valence-corrected chi connectivity index (χ3v) is 2.76. The van der Waals surface area contributed by atoms with Crippen LogP contribution >= 0.6 is 0 Å². The molecule has 0 bridgehead atoms. The van der Waals surface area contributed by atoms with Crippen molar-refractivity contribution in [1.29, 1.82) is 0 Å². The third-order valence-electron chi connectivity index (χ3n) is 2.76. The van der Waals surface area contributed by atoms with E-state index in [9.17, 15) is 9.59 Å². The van der Waals surface area contributed by atoms with Crippen LogP contribution in [-0.4, -0.2) is 29.0 Å². The van der Waals surface area contributed by atoms with Crippen LogP contribution in [0.1, 0.15) is 12.5 Å². The normalized spacial score (nSPS) is 24.1. The highest BCUT2D eigenvalue weighted by Crippen LogP contribution is 2.12. The molecule has 0 aliphatic carbocycles. The number of carbonyl (C=O) groups excluding carboxylic acids is 2. The number of rotatable bonds is 2. The van der Waals surface area contributed by atoms with E-state index in [1.807, 2.05) is 0 Å². The first-order valence-corrected chi connectivity index (χ1v) is 5.45. The zero-order chi connectivity index (χ0) is 12.4. The van der Waals surface area contributed by atoms with Gasteiger partial charge < -0.3 is 15.7 Å². The number of carbonyl (C=O) groups is 2. The minimum Gasteiger partial charge on any atom is -0.508 e. The van der Waals surface area contributed by atoms with Crippen molar-refractivity contribution in [2.24, 2.45) is 0 Å². The average Bonchev–Trinajstić information content (AvgIpc) is 2.29. The van der Waals surface area contributed by atoms with Crippen LogP contribution in [0.4, 0.5) is 0 Å². The number of phenolic OH excluding ortho intramolecular Hbond substituents is 1. The molecule has 5 heteroatoms. The van der Waals surface area contributed by atoms with E-state index < -0.39 is 12.1 Å². The lowest BCUT2D eigenvalue weighted by molar-refractivity contribution is -0.136. The number of amides is 2. The summed E-state index contributed by atoms with van der Waals surface area (Å²) in [6, 6.07) is 5.56. The van der Waals surface area contributed by atoms with Gasteiger partial charge in [0, 0.05) is 6.42 Å². The maximum Gasteiger partial charge on any atom is 0.243 e. The standard InChI is InChI=1S/C12H14N2O3/c1-7-11(16)14-10(12(17)13-7)6-8-2-4-9(15)5-3-8/h2-5,7,10,15H,6H2,1H3,(H,13,17)(H,14,16). The van der Waals surface area contributed by atoms with Gasteiger partial charge in [-0.3, -0.25) is 9.59 Å². The van der Waals surface area contributed by atoms with Gasteiger partial charge in [-0.25, -0.2) is 0 Å². The van der Waals surface area contributed by atoms with Gasteiger partial charge in [0.25, 0.3) is 0 Å². The molecule has 1 aliphatic rings. The van der Waals surface area contributed by atoms with Crippen molar-refractivity contribution in [1.82, 2.24) is 10.6 Å². The Morgan fingerprint density at radius 1 is 1.12 bits per heavy atom. The fraction of sp³-hybridized carbons (Fsp3) is 0.333. The Hall–Kier alpha value is -2.04. The molecule has 1 aliphatic heterocycles. The van der Waals surface area contributed by atoms with E-state index in [1.54, 1.807) is 31.2 Å². The smallest absolute Gasteiger partial charge is 0.243 e. The Balaban J connectivity index is 2.06. The van der Waals surface area contributed by atoms with Gasteiger partial charge in [0.1, 0.15) is 17.8 Å². The molecule has 2 atom stereocenters. The molecule has 1 aromatic rings. The molecule has 0 radical (unpaired) electrons. The van der Waals surface area contributed by atoms with Gasteiger partial charge in [-0.2, -0.15) is 0 Å². The topological polar surface area (TPSA) is 78.4 Å². The first kappa shape index (κ1) is 11.4. The Labute approximate surface area is 98.8 Å². The molecule has 17 heavy (non-hydrogen) atoms. The molecule has 1 saturated heterocycles. The molecule has 1 fully saturated rings. The maximum absolute atomic E-state index is 11.6. The highest BCUT2D eigenvalue weighted by molar-refractivity contribution is 5.96. The van der Waals surface area contributed by atoms with Crippen molar-refractivity contribution in [3.05, 3.63) is 29.8 Å². The Morgan fingerprint density at radius 3 is 2.41 bits per heavy atom. The lowest BCUT2D eigenvalue weighted by Crippen LogP contribution is -2.61. The highest BCUT2D eigenvalue weighted by atomic mass is 16.3. The van der Waals surface area contributed by atoms with Crippen molar-refractivity contribution >= 4 is 11.8 Å². The zero-order valence-corrected chi connectivity index (χ0v) is 9.43. The van der Waals surface area contributed by atoms with E-state index in [-0.39, 0.29) is 17.6 Å². The van der Waals surface area contributed by atoms with E-state index >= 15 is 0 Å². The quantitative estimate of drug-likeness (QED) is 0.670. The van der Waals surface area contributed by atoms with Crippen molar-refractivity contribution in [2.75, 3.05) is 0 Å². The van der Waals surface area contributed by atoms with Gasteiger partial charge >= 0.3 is 0 Å². The molecule has 0 spiro atoms. The van der Waals surface area contributed by atoms with Crippen molar-refractivity contribution < 1.29 is 14.7 Å². The van der Waals surface area contributed by atoms with Gasteiger partial charge in [-0.15, -0.1) is 0 Å². The van der Waals surface area contributed by atoms with E-state index in [0.29, 0.717) is 6.42 Å². The number of aromatic hydroxyl groups is 1. The predicted molar refractivity (Wildman–Crippen MR) is 61.3 cm³/mol. The fourth-order valence-electron chi connectivity index (χ4n) is 1.75. The van der Waals surface area contributed by atoms with E-state index in [0.717, 1.165) is 5.56 Å². The minimum atomic E-state index is -0.539. The van der Waals surface area contributed by atoms with Gasteiger partial charge in [-0.1, -0.05) is 12.1 Å². The summed E-state index contributed by atoms with van der Waals surface area (Å²) in [7, 11) is 0. The van der Waals surface area contributed by atoms with Crippen LogP contribution in [0.15, 0.2) is 24.3 Å². The summed E-state index contributed by atoms with van der Waals surface area (Å²) >= 11 is 0. The van der Waals surface area contributed by atoms with Crippen LogP contribution in [0.25, 0.3) is 0 Å². The minimum absolute atomic E-state index is 0.173. The second-order valence-electron chi connectivity index (χ2n) is 4.16. The van der Waals surface area contributed by atoms with Crippen LogP contribution in [0.3, 0.4) is 0 Å². The number of benzene rings is 1. The van der Waals surface area contributed by atoms with Crippen LogP contribution in [0, 0.1) is 0 Å². The number of hydrogen-bond acceptors (Lipinski definition) is 3. The van der Waals surface area contributed by atoms with Crippen LogP contribution in [0.5, 0.6) is 5.75 Å². The van der Waals surface area contributed by atoms with Gasteiger partial charge in [0.05, 0.1) is 0 Å². The van der Waals surface area contributed by atoms with Crippen molar-refractivity contribution in [3.63, 3.8) is 0 Å². The monoisotopic (exact) mass is 234 g/mol. The number of phenols is 1. The summed E-state index contributed by atoms with van der Waals surface area (Å²) in [5.74, 6) is -0.168. The summed E-state index contributed by atoms with van der Waals surface area (Å²) in [4.78, 5) is 23.1. The molecule has 3 N–H and O–H groups in total. The summed E-state index contributed by atoms with van der Waals surface area (Å²) in [6.07, 6.45) is 0.421. The SMILES string of the molecule is CC1NC(=O)C(Cc2ccc(O)cc2)NC1=O. The van der Waals surface area contributed by atoms with Crippen LogP contribution < -0.4 is 10.6 Å². The Kier molecular flexibility index (Phi) is 2.99. The van der Waals surface area contributed by atoms with Crippen molar-refractivity contribution in [3.8, 4) is 5.75 Å². The molecule has 2 unspecified atom stereocenters. The number of hydrogen-bond donors (Lipinski definition) is 3. The van der Waals surface area contributed by atoms with Crippen LogP contribution in [0.2, 0.25) is 0 Å². The number of piperazine rings is 1. The Morgan fingerprint density at radius 2 is 1.76 bits per heavy atom. The number of nitrogens with one attached hydrogen (secondary N) is 2. The second kappa shape index (κ2) is 4.45. The molecule has 0 saturated carbocycles. The molecule has 2 rings (SSSR count). The fourth-order valence-corrected chi connectivity index (χ4v) is 1.75. The van der Waals surface area contributed by atoms with E-state index in [2.05, 4.69) is 10.6 Å². The molecular weight excluding hydrogens is 220 g/mol. The Bertz CT molecular complexity index is 442. The lowest BCUT2D eigenvalue weighted by Gasteiger charge is -2.27. The first-order chi connectivity index (χ1) is 8.06. The molecule has 1 heterocycles. The van der Waals surface area contributed by atoms with Gasteiger partial charge in [0.2, 0.25) is 11.8 Å². The predicted octanol–water partition coefficient (Wildman–Crippen LogP) is -0.0622. The van der Waals surface area contributed by atoms with Gasteiger partial charge in [-0.05, 0) is 24.6 Å². The molecule has 5 nitrogen and oxygen atoms in total. The summed E-state index contributed by atoms with van der Waals surface area (Å²) < 4.78 is 0. The summed E-state index contributed by atoms with van der Waals surface area (Å²) in [5, 5.41) is 14.4. The third kappa shape index (κ3) is 2.55. The molecular formula is C12H14N2O3. The average molecular weight is 234 g/mol. The first-order valence-electron chi connectivity index (χ1n) is 5.45. The molecule has 1 aromatic carbocycles. The molecule has 2 amide bonds. The zero-order valence-electron chi connectivity index (χ0n) is 9.43. The van der Waals surface area contributed by atoms with Gasteiger partial charge in [0.15, 0.2) is 0 Å². The van der Waals surface area contributed by atoms with Crippen LogP contribution in [-0.2, 0) is 16.0 Å². The molecule has 90 valence electrons. The van der Waals surface area contributed by atoms with E-state index in [4.69, 9.17) is 5.11 Å². The largest absolute Gasteiger partial charge is 0.508 e.